The molecule has 1 aromatic heterocycles. The molecule has 2 aromatic carbocycles. The summed E-state index contributed by atoms with van der Waals surface area (Å²) in [6.45, 7) is 3.08. The molecule has 146 valence electrons. The van der Waals surface area contributed by atoms with Gasteiger partial charge in [-0.25, -0.2) is 8.42 Å². The van der Waals surface area contributed by atoms with Crippen LogP contribution < -0.4 is 14.8 Å². The molecule has 0 saturated heterocycles. The van der Waals surface area contributed by atoms with Gasteiger partial charge in [0.15, 0.2) is 11.5 Å². The number of benzene rings is 2. The van der Waals surface area contributed by atoms with Crippen LogP contribution in [-0.2, 0) is 9.84 Å². The lowest BCUT2D eigenvalue weighted by atomic mass is 10.2. The Morgan fingerprint density at radius 3 is 2.61 bits per heavy atom. The topological polar surface area (TPSA) is 90.7 Å². The number of nitrogens with zero attached hydrogens (tertiary/aromatic N) is 1. The maximum Gasteiger partial charge on any atom is 0.233 e. The van der Waals surface area contributed by atoms with Crippen molar-refractivity contribution in [3.8, 4) is 23.0 Å². The maximum atomic E-state index is 13.3. The van der Waals surface area contributed by atoms with Crippen LogP contribution in [0.25, 0.3) is 11.5 Å². The molecule has 3 aromatic rings. The Morgan fingerprint density at radius 2 is 1.86 bits per heavy atom. The molecule has 0 amide bonds. The first-order chi connectivity index (χ1) is 13.5. The summed E-state index contributed by atoms with van der Waals surface area (Å²) < 4.78 is 43.2. The van der Waals surface area contributed by atoms with Gasteiger partial charge in [0.2, 0.25) is 26.6 Å². The van der Waals surface area contributed by atoms with Gasteiger partial charge in [0.1, 0.15) is 13.2 Å². The van der Waals surface area contributed by atoms with E-state index in [1.165, 1.54) is 12.1 Å². The Labute approximate surface area is 167 Å². The maximum absolute atomic E-state index is 13.3. The predicted molar refractivity (Wildman–Crippen MR) is 104 cm³/mol. The van der Waals surface area contributed by atoms with Gasteiger partial charge in [-0.3, -0.25) is 0 Å². The van der Waals surface area contributed by atoms with Gasteiger partial charge < -0.3 is 19.2 Å². The van der Waals surface area contributed by atoms with Crippen molar-refractivity contribution in [1.29, 1.82) is 0 Å². The quantitative estimate of drug-likeness (QED) is 0.666. The average molecular weight is 421 g/mol. The van der Waals surface area contributed by atoms with E-state index < -0.39 is 9.84 Å². The third kappa shape index (κ3) is 3.29. The second-order valence-electron chi connectivity index (χ2n) is 5.97. The molecule has 0 radical (unpaired) electrons. The summed E-state index contributed by atoms with van der Waals surface area (Å²) in [7, 11) is -3.97. The third-order valence-corrected chi connectivity index (χ3v) is 6.11. The largest absolute Gasteiger partial charge is 0.486 e. The summed E-state index contributed by atoms with van der Waals surface area (Å²) in [6, 6.07) is 11.4. The molecule has 7 nitrogen and oxygen atoms in total. The number of ether oxygens (including phenoxy) is 2. The van der Waals surface area contributed by atoms with E-state index in [1.54, 1.807) is 30.3 Å². The molecule has 0 bridgehead atoms. The fraction of sp³-hybridized carbons (Fsp3) is 0.211. The van der Waals surface area contributed by atoms with Crippen molar-refractivity contribution < 1.29 is 22.3 Å². The van der Waals surface area contributed by atoms with E-state index in [1.807, 2.05) is 6.92 Å². The fourth-order valence-electron chi connectivity index (χ4n) is 2.81. The number of hydrogen-bond donors (Lipinski definition) is 1. The zero-order chi connectivity index (χ0) is 19.7. The first kappa shape index (κ1) is 18.6. The molecular formula is C19H17ClN2O5S. The Kier molecular flexibility index (Phi) is 4.91. The van der Waals surface area contributed by atoms with Crippen LogP contribution in [0.1, 0.15) is 6.92 Å². The summed E-state index contributed by atoms with van der Waals surface area (Å²) in [5, 5.41) is 3.12. The first-order valence-corrected chi connectivity index (χ1v) is 10.5. The van der Waals surface area contributed by atoms with Crippen LogP contribution in [0.4, 0.5) is 5.88 Å². The summed E-state index contributed by atoms with van der Waals surface area (Å²) in [6.07, 6.45) is 0. The van der Waals surface area contributed by atoms with Crippen molar-refractivity contribution in [2.45, 2.75) is 16.8 Å². The van der Waals surface area contributed by atoms with Crippen molar-refractivity contribution in [3.63, 3.8) is 0 Å². The second-order valence-corrected chi connectivity index (χ2v) is 8.24. The van der Waals surface area contributed by atoms with Crippen LogP contribution >= 0.6 is 11.6 Å². The van der Waals surface area contributed by atoms with Gasteiger partial charge in [0.05, 0.1) is 15.5 Å². The number of oxazole rings is 1. The molecule has 0 atom stereocenters. The monoisotopic (exact) mass is 420 g/mol. The minimum absolute atomic E-state index is 0.0370. The number of anilines is 1. The van der Waals surface area contributed by atoms with Crippen molar-refractivity contribution in [1.82, 2.24) is 4.98 Å². The molecule has 0 fully saturated rings. The van der Waals surface area contributed by atoms with Crippen LogP contribution in [0.2, 0.25) is 5.02 Å². The summed E-state index contributed by atoms with van der Waals surface area (Å²) >= 11 is 6.21. The Bertz CT molecular complexity index is 1130. The van der Waals surface area contributed by atoms with Crippen LogP contribution in [-0.4, -0.2) is 33.2 Å². The molecule has 28 heavy (non-hydrogen) atoms. The van der Waals surface area contributed by atoms with E-state index >= 15 is 0 Å². The number of aromatic nitrogens is 1. The molecule has 1 aliphatic rings. The van der Waals surface area contributed by atoms with Gasteiger partial charge in [-0.2, -0.15) is 4.98 Å². The molecule has 1 aliphatic heterocycles. The highest BCUT2D eigenvalue weighted by Crippen LogP contribution is 2.38. The van der Waals surface area contributed by atoms with E-state index in [2.05, 4.69) is 10.3 Å². The lowest BCUT2D eigenvalue weighted by Gasteiger charge is -2.18. The van der Waals surface area contributed by atoms with Crippen LogP contribution in [0.5, 0.6) is 11.5 Å². The Hall–Kier alpha value is -2.71. The van der Waals surface area contributed by atoms with Gasteiger partial charge in [-0.05, 0) is 31.2 Å². The van der Waals surface area contributed by atoms with Crippen molar-refractivity contribution in [2.75, 3.05) is 25.1 Å². The molecule has 2 heterocycles. The zero-order valence-electron chi connectivity index (χ0n) is 14.9. The first-order valence-electron chi connectivity index (χ1n) is 8.65. The van der Waals surface area contributed by atoms with Crippen molar-refractivity contribution in [2.24, 2.45) is 0 Å². The SMILES string of the molecule is CCNc1oc(-c2ccccc2Cl)nc1S(=O)(=O)c1ccc2c(c1)OCCO2. The summed E-state index contributed by atoms with van der Waals surface area (Å²) in [4.78, 5) is 4.28. The molecule has 9 heteroatoms. The molecule has 0 spiro atoms. The zero-order valence-corrected chi connectivity index (χ0v) is 16.5. The second kappa shape index (κ2) is 7.37. The van der Waals surface area contributed by atoms with E-state index in [4.69, 9.17) is 25.5 Å². The lowest BCUT2D eigenvalue weighted by Crippen LogP contribution is -2.16. The van der Waals surface area contributed by atoms with Crippen molar-refractivity contribution in [3.05, 3.63) is 47.5 Å². The smallest absolute Gasteiger partial charge is 0.233 e. The van der Waals surface area contributed by atoms with Gasteiger partial charge in [-0.15, -0.1) is 0 Å². The van der Waals surface area contributed by atoms with Gasteiger partial charge in [0, 0.05) is 12.6 Å². The number of sulfone groups is 1. The van der Waals surface area contributed by atoms with Crippen LogP contribution in [0, 0.1) is 0 Å². The van der Waals surface area contributed by atoms with Crippen LogP contribution in [0.15, 0.2) is 56.8 Å². The number of nitrogens with one attached hydrogen (secondary N) is 1. The number of fused-ring (bicyclic) bond motifs is 1. The highest BCUT2D eigenvalue weighted by molar-refractivity contribution is 7.91. The average Bonchev–Trinajstić information content (AvgIpc) is 3.13. The van der Waals surface area contributed by atoms with E-state index in [-0.39, 0.29) is 21.7 Å². The highest BCUT2D eigenvalue weighted by Gasteiger charge is 2.30. The molecule has 0 unspecified atom stereocenters. The van der Waals surface area contributed by atoms with Gasteiger partial charge >= 0.3 is 0 Å². The van der Waals surface area contributed by atoms with Crippen molar-refractivity contribution >= 4 is 27.3 Å². The fourth-order valence-corrected chi connectivity index (χ4v) is 4.32. The molecular weight excluding hydrogens is 404 g/mol. The normalized spacial score (nSPS) is 13.4. The van der Waals surface area contributed by atoms with Gasteiger partial charge in [-0.1, -0.05) is 23.7 Å². The molecule has 0 aliphatic carbocycles. The van der Waals surface area contributed by atoms with E-state index in [9.17, 15) is 8.42 Å². The number of hydrogen-bond acceptors (Lipinski definition) is 7. The Morgan fingerprint density at radius 1 is 1.11 bits per heavy atom. The number of halogens is 1. The van der Waals surface area contributed by atoms with E-state index in [0.29, 0.717) is 41.8 Å². The third-order valence-electron chi connectivity index (χ3n) is 4.12. The summed E-state index contributed by atoms with van der Waals surface area (Å²) in [5.74, 6) is 1.08. The minimum atomic E-state index is -3.97. The lowest BCUT2D eigenvalue weighted by molar-refractivity contribution is 0.171. The Balaban J connectivity index is 1.82. The minimum Gasteiger partial charge on any atom is -0.486 e. The number of rotatable bonds is 5. The predicted octanol–water partition coefficient (Wildman–Crippen LogP) is 4.03. The molecule has 0 saturated carbocycles. The van der Waals surface area contributed by atoms with Crippen LogP contribution in [0.3, 0.4) is 0 Å². The highest BCUT2D eigenvalue weighted by atomic mass is 35.5. The summed E-state index contributed by atoms with van der Waals surface area (Å²) in [5.41, 5.74) is 0.506. The standard InChI is InChI=1S/C19H17ClN2O5S/c1-2-21-18-19(22-17(27-18)13-5-3-4-6-14(13)20)28(23,24)12-7-8-15-16(11-12)26-10-9-25-15/h3-8,11,21H,2,9-10H2,1H3. The molecule has 4 rings (SSSR count). The van der Waals surface area contributed by atoms with E-state index in [0.717, 1.165) is 0 Å². The molecule has 1 N–H and O–H groups in total. The van der Waals surface area contributed by atoms with Gasteiger partial charge in [0.25, 0.3) is 0 Å².